The molecule has 2 fully saturated rings. The lowest BCUT2D eigenvalue weighted by atomic mass is 9.92. The van der Waals surface area contributed by atoms with Gasteiger partial charge < -0.3 is 30.3 Å². The number of ether oxygens (including phenoxy) is 2. The third kappa shape index (κ3) is 10.9. The maximum atomic E-state index is 12.4. The van der Waals surface area contributed by atoms with Gasteiger partial charge in [0.25, 0.3) is 5.91 Å². The SMILES string of the molecule is CC1=CC([C@H]2C[C@H](N=[N+]=[N-])[C@@H](COC(=O)CCCCN3CCCNCCNCCCNCC3)O2)C(=O)NC1=O. The normalized spacial score (nSPS) is 28.1. The Bertz CT molecular complexity index is 880. The number of nitrogens with zero attached hydrogens (tertiary/aromatic N) is 4. The molecule has 3 aliphatic heterocycles. The number of esters is 1. The Balaban J connectivity index is 1.37. The number of hydrogen-bond donors (Lipinski definition) is 4. The van der Waals surface area contributed by atoms with E-state index in [-0.39, 0.29) is 12.6 Å². The number of hydrogen-bond acceptors (Lipinski definition) is 10. The van der Waals surface area contributed by atoms with E-state index in [2.05, 4.69) is 36.2 Å². The Morgan fingerprint density at radius 3 is 2.62 bits per heavy atom. The van der Waals surface area contributed by atoms with Crippen LogP contribution in [0.4, 0.5) is 0 Å². The number of carbonyl (C=O) groups is 3. The zero-order valence-electron chi connectivity index (χ0n) is 23.0. The van der Waals surface area contributed by atoms with Gasteiger partial charge in [-0.05, 0) is 77.3 Å². The summed E-state index contributed by atoms with van der Waals surface area (Å²) in [4.78, 5) is 41.8. The highest BCUT2D eigenvalue weighted by Crippen LogP contribution is 2.31. The fourth-order valence-corrected chi connectivity index (χ4v) is 5.06. The van der Waals surface area contributed by atoms with Gasteiger partial charge in [0, 0.05) is 43.1 Å². The number of azide groups is 1. The first-order valence-corrected chi connectivity index (χ1v) is 14.2. The average molecular weight is 549 g/mol. The summed E-state index contributed by atoms with van der Waals surface area (Å²) in [6.45, 7) is 10.5. The van der Waals surface area contributed by atoms with Crippen LogP contribution in [0.3, 0.4) is 0 Å². The van der Waals surface area contributed by atoms with Crippen LogP contribution in [0.15, 0.2) is 16.8 Å². The highest BCUT2D eigenvalue weighted by molar-refractivity contribution is 6.08. The molecule has 1 unspecified atom stereocenters. The minimum Gasteiger partial charge on any atom is -0.463 e. The topological polar surface area (TPSA) is 170 Å². The Hall–Kier alpha value is -2.54. The molecule has 0 aromatic carbocycles. The van der Waals surface area contributed by atoms with Crippen LogP contribution in [0.5, 0.6) is 0 Å². The average Bonchev–Trinajstić information content (AvgIpc) is 3.31. The van der Waals surface area contributed by atoms with Crippen LogP contribution in [0.25, 0.3) is 10.4 Å². The molecule has 13 nitrogen and oxygen atoms in total. The number of nitrogens with one attached hydrogen (secondary N) is 4. The molecule has 0 saturated carbocycles. The van der Waals surface area contributed by atoms with E-state index in [9.17, 15) is 14.4 Å². The summed E-state index contributed by atoms with van der Waals surface area (Å²) < 4.78 is 11.4. The van der Waals surface area contributed by atoms with Crippen LogP contribution in [-0.4, -0.2) is 106 Å². The van der Waals surface area contributed by atoms with Crippen LogP contribution in [0.2, 0.25) is 0 Å². The number of amides is 2. The molecular formula is C26H44N8O5. The summed E-state index contributed by atoms with van der Waals surface area (Å²) in [5.74, 6) is -1.85. The largest absolute Gasteiger partial charge is 0.463 e. The molecule has 4 atom stereocenters. The van der Waals surface area contributed by atoms with E-state index in [0.29, 0.717) is 18.4 Å². The first kappa shape index (κ1) is 31.0. The molecule has 0 aromatic heterocycles. The molecule has 0 aromatic rings. The van der Waals surface area contributed by atoms with Crippen molar-refractivity contribution in [3.63, 3.8) is 0 Å². The molecule has 2 saturated heterocycles. The van der Waals surface area contributed by atoms with Crippen molar-refractivity contribution < 1.29 is 23.9 Å². The fourth-order valence-electron chi connectivity index (χ4n) is 5.06. The number of carbonyl (C=O) groups excluding carboxylic acids is 3. The van der Waals surface area contributed by atoms with Crippen molar-refractivity contribution in [2.24, 2.45) is 11.0 Å². The van der Waals surface area contributed by atoms with Crippen LogP contribution >= 0.6 is 0 Å². The highest BCUT2D eigenvalue weighted by Gasteiger charge is 2.42. The summed E-state index contributed by atoms with van der Waals surface area (Å²) in [7, 11) is 0. The van der Waals surface area contributed by atoms with Gasteiger partial charge in [-0.25, -0.2) is 0 Å². The van der Waals surface area contributed by atoms with Gasteiger partial charge >= 0.3 is 5.97 Å². The molecule has 39 heavy (non-hydrogen) atoms. The molecular weight excluding hydrogens is 504 g/mol. The first-order chi connectivity index (χ1) is 19.0. The van der Waals surface area contributed by atoms with Crippen molar-refractivity contribution in [1.82, 2.24) is 26.2 Å². The summed E-state index contributed by atoms with van der Waals surface area (Å²) >= 11 is 0. The molecule has 2 amide bonds. The minimum absolute atomic E-state index is 0.0463. The number of imide groups is 1. The quantitative estimate of drug-likeness (QED) is 0.0805. The maximum Gasteiger partial charge on any atom is 0.305 e. The molecule has 4 N–H and O–H groups in total. The molecule has 0 radical (unpaired) electrons. The second kappa shape index (κ2) is 17.2. The standard InChI is InChI=1S/C26H44N8O5/c1-19-16-20(26(37)31-25(19)36)22-17-21(32-33-27)23(39-22)18-38-24(35)6-2-3-13-34-14-5-9-29-11-10-28-7-4-8-30-12-15-34/h16,20-23,28-30H,2-15,17-18H2,1H3,(H,31,36,37)/t20?,21-,22+,23+/m0/s1. The molecule has 13 heteroatoms. The third-order valence-corrected chi connectivity index (χ3v) is 7.31. The summed E-state index contributed by atoms with van der Waals surface area (Å²) in [6, 6.07) is -0.561. The van der Waals surface area contributed by atoms with Gasteiger partial charge in [0.1, 0.15) is 12.7 Å². The molecule has 0 aliphatic carbocycles. The van der Waals surface area contributed by atoms with Crippen LogP contribution in [-0.2, 0) is 23.9 Å². The van der Waals surface area contributed by atoms with Crippen molar-refractivity contribution >= 4 is 17.8 Å². The Morgan fingerprint density at radius 1 is 1.10 bits per heavy atom. The van der Waals surface area contributed by atoms with Gasteiger partial charge in [0.15, 0.2) is 0 Å². The third-order valence-electron chi connectivity index (χ3n) is 7.31. The summed E-state index contributed by atoms with van der Waals surface area (Å²) in [6.07, 6.45) is 4.81. The van der Waals surface area contributed by atoms with E-state index in [1.54, 1.807) is 13.0 Å². The van der Waals surface area contributed by atoms with Crippen LogP contribution < -0.4 is 21.3 Å². The van der Waals surface area contributed by atoms with Crippen molar-refractivity contribution in [2.45, 2.75) is 63.7 Å². The Kier molecular flexibility index (Phi) is 13.7. The molecule has 0 spiro atoms. The van der Waals surface area contributed by atoms with E-state index in [0.717, 1.165) is 84.6 Å². The summed E-state index contributed by atoms with van der Waals surface area (Å²) in [5.41, 5.74) is 9.39. The Labute approximate surface area is 230 Å². The van der Waals surface area contributed by atoms with Crippen molar-refractivity contribution in [2.75, 3.05) is 65.5 Å². The van der Waals surface area contributed by atoms with Crippen LogP contribution in [0, 0.1) is 5.92 Å². The van der Waals surface area contributed by atoms with Crippen molar-refractivity contribution in [1.29, 1.82) is 0 Å². The molecule has 218 valence electrons. The van der Waals surface area contributed by atoms with E-state index in [1.807, 2.05) is 0 Å². The van der Waals surface area contributed by atoms with Gasteiger partial charge in [0.2, 0.25) is 5.91 Å². The lowest BCUT2D eigenvalue weighted by molar-refractivity contribution is -0.149. The van der Waals surface area contributed by atoms with Crippen molar-refractivity contribution in [3.8, 4) is 0 Å². The van der Waals surface area contributed by atoms with Gasteiger partial charge in [0.05, 0.1) is 18.1 Å². The smallest absolute Gasteiger partial charge is 0.305 e. The zero-order chi connectivity index (χ0) is 27.9. The number of rotatable bonds is 9. The molecule has 3 rings (SSSR count). The lowest BCUT2D eigenvalue weighted by Crippen LogP contribution is -2.44. The van der Waals surface area contributed by atoms with E-state index < -0.39 is 36.0 Å². The van der Waals surface area contributed by atoms with Gasteiger partial charge in [-0.3, -0.25) is 19.7 Å². The van der Waals surface area contributed by atoms with E-state index in [1.165, 1.54) is 0 Å². The van der Waals surface area contributed by atoms with E-state index in [4.69, 9.17) is 15.0 Å². The first-order valence-electron chi connectivity index (χ1n) is 14.2. The predicted octanol–water partition coefficient (Wildman–Crippen LogP) is 0.620. The monoisotopic (exact) mass is 548 g/mol. The predicted molar refractivity (Wildman–Crippen MR) is 146 cm³/mol. The highest BCUT2D eigenvalue weighted by atomic mass is 16.6. The Morgan fingerprint density at radius 2 is 1.85 bits per heavy atom. The van der Waals surface area contributed by atoms with Gasteiger partial charge in [-0.2, -0.15) is 0 Å². The fraction of sp³-hybridized carbons (Fsp3) is 0.808. The number of unbranched alkanes of at least 4 members (excludes halogenated alkanes) is 1. The molecule has 3 aliphatic rings. The molecule has 3 heterocycles. The van der Waals surface area contributed by atoms with Gasteiger partial charge in [-0.1, -0.05) is 11.2 Å². The van der Waals surface area contributed by atoms with Crippen LogP contribution in [0.1, 0.15) is 45.4 Å². The second-order valence-electron chi connectivity index (χ2n) is 10.4. The zero-order valence-corrected chi connectivity index (χ0v) is 23.0. The van der Waals surface area contributed by atoms with Crippen molar-refractivity contribution in [3.05, 3.63) is 22.1 Å². The second-order valence-corrected chi connectivity index (χ2v) is 10.4. The lowest BCUT2D eigenvalue weighted by Gasteiger charge is -2.24. The summed E-state index contributed by atoms with van der Waals surface area (Å²) in [5, 5.41) is 16.5. The molecule has 0 bridgehead atoms. The minimum atomic E-state index is -0.664. The van der Waals surface area contributed by atoms with Gasteiger partial charge in [-0.15, -0.1) is 0 Å². The van der Waals surface area contributed by atoms with E-state index >= 15 is 0 Å². The maximum absolute atomic E-state index is 12.4.